The fraction of sp³-hybridized carbons (Fsp3) is 0.625. The van der Waals surface area contributed by atoms with Gasteiger partial charge in [0, 0.05) is 5.75 Å². The number of imidazole rings is 1. The number of aliphatic hydroxyl groups is 1. The van der Waals surface area contributed by atoms with E-state index in [1.54, 1.807) is 0 Å². The van der Waals surface area contributed by atoms with E-state index in [0.29, 0.717) is 0 Å². The molecule has 0 aromatic carbocycles. The van der Waals surface area contributed by atoms with Crippen molar-refractivity contribution in [3.63, 3.8) is 0 Å². The van der Waals surface area contributed by atoms with Crippen molar-refractivity contribution in [1.82, 2.24) is 9.97 Å². The number of aromatic amines is 1. The molecule has 1 rings (SSSR count). The van der Waals surface area contributed by atoms with Crippen molar-refractivity contribution in [2.45, 2.75) is 25.7 Å². The van der Waals surface area contributed by atoms with Gasteiger partial charge in [-0.15, -0.1) is 0 Å². The predicted octanol–water partition coefficient (Wildman–Crippen LogP) is 0.306. The Labute approximate surface area is 97.8 Å². The molecule has 8 nitrogen and oxygen atoms in total. The first-order valence-electron chi connectivity index (χ1n) is 4.89. The second-order valence-corrected chi connectivity index (χ2v) is 6.04. The average Bonchev–Trinajstić information content (AvgIpc) is 2.71. The molecule has 0 fully saturated rings. The van der Waals surface area contributed by atoms with E-state index in [9.17, 15) is 18.5 Å². The van der Waals surface area contributed by atoms with Gasteiger partial charge in [0.1, 0.15) is 11.9 Å². The Morgan fingerprint density at radius 2 is 2.18 bits per heavy atom. The van der Waals surface area contributed by atoms with Crippen LogP contribution in [0.25, 0.3) is 0 Å². The molecule has 9 heteroatoms. The SMILES string of the molecule is CCS(=O)(=O)C(C)c1nc(CO)[nH]c1[N+](=O)[O-]. The summed E-state index contributed by atoms with van der Waals surface area (Å²) in [6, 6.07) is 0. The largest absolute Gasteiger partial charge is 0.386 e. The van der Waals surface area contributed by atoms with E-state index in [1.807, 2.05) is 0 Å². The van der Waals surface area contributed by atoms with Crippen molar-refractivity contribution in [3.05, 3.63) is 21.6 Å². The Kier molecular flexibility index (Phi) is 3.83. The number of hydrogen-bond acceptors (Lipinski definition) is 6. The third-order valence-electron chi connectivity index (χ3n) is 2.42. The Morgan fingerprint density at radius 1 is 1.59 bits per heavy atom. The number of aromatic nitrogens is 2. The highest BCUT2D eigenvalue weighted by Crippen LogP contribution is 2.28. The van der Waals surface area contributed by atoms with E-state index in [1.165, 1.54) is 13.8 Å². The third-order valence-corrected chi connectivity index (χ3v) is 4.52. The molecule has 96 valence electrons. The number of rotatable bonds is 5. The molecule has 1 heterocycles. The Bertz CT molecular complexity index is 521. The fourth-order valence-corrected chi connectivity index (χ4v) is 2.35. The molecule has 0 radical (unpaired) electrons. The molecule has 0 amide bonds. The van der Waals surface area contributed by atoms with Gasteiger partial charge in [0.05, 0.1) is 0 Å². The van der Waals surface area contributed by atoms with Gasteiger partial charge in [-0.2, -0.15) is 0 Å². The zero-order valence-corrected chi connectivity index (χ0v) is 10.2. The minimum absolute atomic E-state index is 0.0233. The first-order valence-corrected chi connectivity index (χ1v) is 6.60. The lowest BCUT2D eigenvalue weighted by Gasteiger charge is -2.07. The molecule has 1 aromatic rings. The second-order valence-electron chi connectivity index (χ2n) is 3.43. The van der Waals surface area contributed by atoms with Crippen molar-refractivity contribution in [1.29, 1.82) is 0 Å². The molecule has 0 aliphatic carbocycles. The molecule has 0 aliphatic rings. The van der Waals surface area contributed by atoms with Crippen LogP contribution < -0.4 is 0 Å². The van der Waals surface area contributed by atoms with Crippen LogP contribution in [0.3, 0.4) is 0 Å². The number of aliphatic hydroxyl groups excluding tert-OH is 1. The van der Waals surface area contributed by atoms with E-state index in [2.05, 4.69) is 9.97 Å². The maximum atomic E-state index is 11.6. The van der Waals surface area contributed by atoms with E-state index in [-0.39, 0.29) is 17.3 Å². The van der Waals surface area contributed by atoms with Crippen LogP contribution in [0.5, 0.6) is 0 Å². The molecule has 1 aromatic heterocycles. The van der Waals surface area contributed by atoms with Crippen molar-refractivity contribution >= 4 is 15.7 Å². The van der Waals surface area contributed by atoms with Gasteiger partial charge in [0.15, 0.2) is 15.5 Å². The quantitative estimate of drug-likeness (QED) is 0.581. The van der Waals surface area contributed by atoms with Crippen LogP contribution in [0.2, 0.25) is 0 Å². The normalized spacial score (nSPS) is 13.6. The number of nitro groups is 1. The molecular weight excluding hydrogens is 250 g/mol. The summed E-state index contributed by atoms with van der Waals surface area (Å²) in [6.45, 7) is 2.28. The second kappa shape index (κ2) is 4.80. The minimum atomic E-state index is -3.47. The van der Waals surface area contributed by atoms with E-state index < -0.39 is 32.4 Å². The third kappa shape index (κ3) is 2.61. The Hall–Kier alpha value is -1.48. The predicted molar refractivity (Wildman–Crippen MR) is 59.0 cm³/mol. The molecular formula is C8H13N3O5S. The summed E-state index contributed by atoms with van der Waals surface area (Å²) in [5.74, 6) is -0.643. The van der Waals surface area contributed by atoms with Crippen molar-refractivity contribution < 1.29 is 18.4 Å². The van der Waals surface area contributed by atoms with Crippen LogP contribution in [0.4, 0.5) is 5.82 Å². The van der Waals surface area contributed by atoms with Crippen LogP contribution in [0.15, 0.2) is 0 Å². The lowest BCUT2D eigenvalue weighted by Crippen LogP contribution is -2.14. The maximum absolute atomic E-state index is 11.6. The van der Waals surface area contributed by atoms with Gasteiger partial charge >= 0.3 is 5.82 Å². The van der Waals surface area contributed by atoms with E-state index >= 15 is 0 Å². The highest BCUT2D eigenvalue weighted by atomic mass is 32.2. The van der Waals surface area contributed by atoms with Gasteiger partial charge in [-0.25, -0.2) is 18.4 Å². The Balaban J connectivity index is 3.30. The summed E-state index contributed by atoms with van der Waals surface area (Å²) in [6.07, 6.45) is 0. The summed E-state index contributed by atoms with van der Waals surface area (Å²) in [5.41, 5.74) is -0.166. The van der Waals surface area contributed by atoms with Gasteiger partial charge in [-0.3, -0.25) is 0 Å². The molecule has 0 spiro atoms. The van der Waals surface area contributed by atoms with Crippen molar-refractivity contribution in [2.75, 3.05) is 5.75 Å². The topological polar surface area (TPSA) is 126 Å². The zero-order valence-electron chi connectivity index (χ0n) is 9.37. The maximum Gasteiger partial charge on any atom is 0.345 e. The van der Waals surface area contributed by atoms with Crippen LogP contribution in [0.1, 0.15) is 30.6 Å². The first-order chi connectivity index (χ1) is 7.83. The summed E-state index contributed by atoms with van der Waals surface area (Å²) in [5, 5.41) is 18.5. The molecule has 17 heavy (non-hydrogen) atoms. The standard InChI is InChI=1S/C8H13N3O5S/c1-3-17(15,16)5(2)7-8(11(13)14)10-6(4-12)9-7/h5,12H,3-4H2,1-2H3,(H,9,10). The lowest BCUT2D eigenvalue weighted by atomic mass is 10.3. The minimum Gasteiger partial charge on any atom is -0.386 e. The highest BCUT2D eigenvalue weighted by Gasteiger charge is 2.31. The lowest BCUT2D eigenvalue weighted by molar-refractivity contribution is -0.390. The average molecular weight is 263 g/mol. The molecule has 0 aliphatic heterocycles. The number of nitrogens with one attached hydrogen (secondary N) is 1. The molecule has 0 saturated carbocycles. The molecule has 0 bridgehead atoms. The Morgan fingerprint density at radius 3 is 2.59 bits per heavy atom. The number of hydrogen-bond donors (Lipinski definition) is 2. The van der Waals surface area contributed by atoms with E-state index in [4.69, 9.17) is 5.11 Å². The van der Waals surface area contributed by atoms with Crippen LogP contribution in [-0.2, 0) is 16.4 Å². The number of sulfone groups is 1. The van der Waals surface area contributed by atoms with Gasteiger partial charge in [-0.05, 0) is 11.8 Å². The molecule has 0 saturated heterocycles. The van der Waals surface area contributed by atoms with Crippen LogP contribution in [-0.4, -0.2) is 34.2 Å². The monoisotopic (exact) mass is 263 g/mol. The highest BCUT2D eigenvalue weighted by molar-refractivity contribution is 7.91. The van der Waals surface area contributed by atoms with Gasteiger partial charge in [0.2, 0.25) is 5.82 Å². The summed E-state index contributed by atoms with van der Waals surface area (Å²) in [4.78, 5) is 16.0. The summed E-state index contributed by atoms with van der Waals surface area (Å²) in [7, 11) is -3.47. The summed E-state index contributed by atoms with van der Waals surface area (Å²) < 4.78 is 23.3. The summed E-state index contributed by atoms with van der Waals surface area (Å²) >= 11 is 0. The smallest absolute Gasteiger partial charge is 0.345 e. The molecule has 1 unspecified atom stereocenters. The first kappa shape index (κ1) is 13.6. The van der Waals surface area contributed by atoms with Gasteiger partial charge in [0.25, 0.3) is 0 Å². The molecule has 1 atom stereocenters. The van der Waals surface area contributed by atoms with Crippen molar-refractivity contribution in [2.24, 2.45) is 0 Å². The van der Waals surface area contributed by atoms with Crippen molar-refractivity contribution in [3.8, 4) is 0 Å². The number of H-pyrrole nitrogens is 1. The van der Waals surface area contributed by atoms with Crippen LogP contribution in [0, 0.1) is 10.1 Å². The van der Waals surface area contributed by atoms with Crippen LogP contribution >= 0.6 is 0 Å². The van der Waals surface area contributed by atoms with Gasteiger partial charge < -0.3 is 15.2 Å². The van der Waals surface area contributed by atoms with Gasteiger partial charge in [-0.1, -0.05) is 6.92 Å². The molecule has 2 N–H and O–H groups in total. The fourth-order valence-electron chi connectivity index (χ4n) is 1.34. The zero-order chi connectivity index (χ0) is 13.2. The van der Waals surface area contributed by atoms with E-state index in [0.717, 1.165) is 0 Å². The number of nitrogens with zero attached hydrogens (tertiary/aromatic N) is 2.